The molecule has 1 aliphatic heterocycles. The maximum Gasteiger partial charge on any atom is 0.438 e. The summed E-state index contributed by atoms with van der Waals surface area (Å²) in [5.74, 6) is 0. The monoisotopic (exact) mass is 616 g/mol. The molecule has 14 heteroatoms. The first-order valence-corrected chi connectivity index (χ1v) is 15.1. The van der Waals surface area contributed by atoms with Crippen LogP contribution in [0.1, 0.15) is 76.6 Å². The van der Waals surface area contributed by atoms with Crippen LogP contribution in [0.4, 0.5) is 20.1 Å². The number of aryl methyl sites for hydroxylation is 2. The van der Waals surface area contributed by atoms with Gasteiger partial charge in [-0.15, -0.1) is 4.99 Å². The number of likely N-dealkylation sites (tertiary alicyclic amines) is 1. The molecule has 0 bridgehead atoms. The summed E-state index contributed by atoms with van der Waals surface area (Å²) < 4.78 is 39.3. The Balaban J connectivity index is 0.00000462. The van der Waals surface area contributed by atoms with E-state index in [1.54, 1.807) is 41.5 Å². The number of hydrogen-bond acceptors (Lipinski definition) is 7. The Bertz CT molecular complexity index is 1330. The van der Waals surface area contributed by atoms with Gasteiger partial charge in [0, 0.05) is 63.6 Å². The number of amidine groups is 1. The number of carbonyl (C=O) groups is 3. The van der Waals surface area contributed by atoms with Gasteiger partial charge < -0.3 is 25.4 Å². The number of nitrogens with one attached hydrogen (secondary N) is 2. The Labute approximate surface area is 284 Å². The van der Waals surface area contributed by atoms with Gasteiger partial charge in [-0.05, 0) is 87.0 Å². The third kappa shape index (κ3) is 7.82. The first-order chi connectivity index (χ1) is 18.5. The van der Waals surface area contributed by atoms with Gasteiger partial charge in [-0.2, -0.15) is 0 Å². The van der Waals surface area contributed by atoms with Crippen molar-refractivity contribution in [1.82, 2.24) is 9.62 Å². The number of anilines is 1. The van der Waals surface area contributed by atoms with E-state index in [1.165, 1.54) is 16.0 Å². The first-order valence-electron chi connectivity index (χ1n) is 13.5. The molecule has 41 heavy (non-hydrogen) atoms. The average molecular weight is 617 g/mol. The first kappa shape index (κ1) is 33.8. The van der Waals surface area contributed by atoms with E-state index >= 15 is 0 Å². The van der Waals surface area contributed by atoms with E-state index in [4.69, 9.17) is 15.2 Å². The molecule has 1 fully saturated rings. The maximum absolute atomic E-state index is 13.5. The second-order valence-electron chi connectivity index (χ2n) is 12.6. The van der Waals surface area contributed by atoms with E-state index in [9.17, 15) is 22.8 Å². The molecule has 1 aromatic carbocycles. The number of amides is 4. The quantitative estimate of drug-likeness (QED) is 0.264. The van der Waals surface area contributed by atoms with Gasteiger partial charge >= 0.3 is 24.2 Å². The second kappa shape index (κ2) is 12.5. The normalized spacial score (nSPS) is 20.2. The standard InChI is InChI=1S/C27H39N5O7S.K/c1-26(2,3)21-19(14-32(21)24(38-22(28)33)30-25(35)39-27(4,5)6)40(36,37)31-23(34)29-20-17-11-7-9-15(17)13-16-10-8-12-18(16)20;/h13,19,21H,7-12,14H2,1-6H3,(H2,28,33)(H2,29,31,34);. The van der Waals surface area contributed by atoms with Crippen molar-refractivity contribution in [2.75, 3.05) is 11.9 Å². The number of hydrogen-bond donors (Lipinski definition) is 3. The molecular weight excluding hydrogens is 577 g/mol. The summed E-state index contributed by atoms with van der Waals surface area (Å²) in [5.41, 5.74) is 8.97. The molecule has 0 aromatic heterocycles. The van der Waals surface area contributed by atoms with Crippen LogP contribution in [0.2, 0.25) is 0 Å². The fraction of sp³-hybridized carbons (Fsp3) is 0.630. The van der Waals surface area contributed by atoms with Crippen molar-refractivity contribution in [3.63, 3.8) is 0 Å². The molecule has 2 unspecified atom stereocenters. The third-order valence-corrected chi connectivity index (χ3v) is 8.99. The number of nitrogens with zero attached hydrogens (tertiary/aromatic N) is 2. The van der Waals surface area contributed by atoms with Crippen molar-refractivity contribution in [3.05, 3.63) is 28.3 Å². The van der Waals surface area contributed by atoms with Gasteiger partial charge in [0.1, 0.15) is 10.9 Å². The summed E-state index contributed by atoms with van der Waals surface area (Å²) >= 11 is 0. The van der Waals surface area contributed by atoms with Crippen molar-refractivity contribution >= 4 is 91.3 Å². The van der Waals surface area contributed by atoms with Crippen LogP contribution < -0.4 is 15.8 Å². The number of sulfonamides is 1. The van der Waals surface area contributed by atoms with Crippen LogP contribution in [0.5, 0.6) is 0 Å². The van der Waals surface area contributed by atoms with E-state index in [2.05, 4.69) is 21.1 Å². The van der Waals surface area contributed by atoms with Crippen molar-refractivity contribution in [3.8, 4) is 0 Å². The van der Waals surface area contributed by atoms with E-state index < -0.39 is 56.6 Å². The molecule has 1 saturated heterocycles. The predicted octanol–water partition coefficient (Wildman–Crippen LogP) is 3.22. The Morgan fingerprint density at radius 3 is 2.05 bits per heavy atom. The molecule has 0 saturated carbocycles. The zero-order chi connectivity index (χ0) is 29.6. The molecule has 1 aromatic rings. The molecule has 2 aliphatic carbocycles. The van der Waals surface area contributed by atoms with Crippen molar-refractivity contribution in [2.24, 2.45) is 16.1 Å². The number of fused-ring (bicyclic) bond motifs is 2. The molecule has 1 heterocycles. The van der Waals surface area contributed by atoms with Crippen molar-refractivity contribution in [2.45, 2.75) is 97.0 Å². The van der Waals surface area contributed by atoms with Gasteiger partial charge in [-0.3, -0.25) is 0 Å². The Kier molecular flexibility index (Phi) is 10.3. The third-order valence-electron chi connectivity index (χ3n) is 7.31. The molecule has 4 rings (SSSR count). The molecule has 1 radical (unpaired) electrons. The largest absolute Gasteiger partial charge is 0.442 e. The summed E-state index contributed by atoms with van der Waals surface area (Å²) in [4.78, 5) is 42.2. The summed E-state index contributed by atoms with van der Waals surface area (Å²) in [5, 5.41) is 1.77. The molecule has 4 N–H and O–H groups in total. The number of rotatable bonds is 3. The molecular formula is C27H39KN5O7S. The Morgan fingerprint density at radius 2 is 1.56 bits per heavy atom. The van der Waals surface area contributed by atoms with E-state index in [-0.39, 0.29) is 57.9 Å². The number of urea groups is 1. The number of ether oxygens (including phenoxy) is 2. The van der Waals surface area contributed by atoms with Crippen molar-refractivity contribution in [1.29, 1.82) is 0 Å². The van der Waals surface area contributed by atoms with Gasteiger partial charge in [-0.25, -0.2) is 27.5 Å². The molecule has 0 spiro atoms. The van der Waals surface area contributed by atoms with Gasteiger partial charge in [-0.1, -0.05) is 26.8 Å². The van der Waals surface area contributed by atoms with E-state index in [1.807, 2.05) is 0 Å². The SMILES string of the molecule is CC(C)(C)OC(=O)N=C(OC(N)=O)N1CC(S(=O)(=O)NC(=O)Nc2c3c(cc4c2CCC4)CCC3)C1C(C)(C)C.[K]. The van der Waals surface area contributed by atoms with Gasteiger partial charge in [0.05, 0.1) is 6.04 Å². The Hall–Kier alpha value is -1.71. The average Bonchev–Trinajstić information content (AvgIpc) is 3.38. The minimum Gasteiger partial charge on any atom is -0.442 e. The predicted molar refractivity (Wildman–Crippen MR) is 155 cm³/mol. The maximum atomic E-state index is 13.5. The van der Waals surface area contributed by atoms with Crippen LogP contribution >= 0.6 is 0 Å². The van der Waals surface area contributed by atoms with Crippen molar-refractivity contribution < 1.29 is 32.3 Å². The molecule has 4 amide bonds. The fourth-order valence-corrected chi connectivity index (χ4v) is 7.58. The summed E-state index contributed by atoms with van der Waals surface area (Å²) in [6.07, 6.45) is 3.33. The van der Waals surface area contributed by atoms with Crippen LogP contribution in [-0.4, -0.2) is 112 Å². The van der Waals surface area contributed by atoms with Crippen LogP contribution in [0.25, 0.3) is 0 Å². The van der Waals surface area contributed by atoms with E-state index in [0.717, 1.165) is 55.3 Å². The number of carbonyl (C=O) groups excluding carboxylic acids is 3. The van der Waals surface area contributed by atoms with Gasteiger partial charge in [0.25, 0.3) is 0 Å². The number of nitrogens with two attached hydrogens (primary N) is 1. The zero-order valence-electron chi connectivity index (χ0n) is 24.9. The number of aliphatic imine (C=N–C) groups is 1. The van der Waals surface area contributed by atoms with Gasteiger partial charge in [0.15, 0.2) is 0 Å². The number of primary amides is 1. The van der Waals surface area contributed by atoms with Crippen LogP contribution in [0.15, 0.2) is 11.1 Å². The van der Waals surface area contributed by atoms with E-state index in [0.29, 0.717) is 0 Å². The number of benzene rings is 1. The minimum atomic E-state index is -4.20. The minimum absolute atomic E-state index is 0. The Morgan fingerprint density at radius 1 is 1.00 bits per heavy atom. The summed E-state index contributed by atoms with van der Waals surface area (Å²) in [7, 11) is -4.20. The second-order valence-corrected chi connectivity index (χ2v) is 14.5. The zero-order valence-corrected chi connectivity index (χ0v) is 28.9. The smallest absolute Gasteiger partial charge is 0.438 e. The summed E-state index contributed by atoms with van der Waals surface area (Å²) in [6, 6.07) is 0.124. The van der Waals surface area contributed by atoms with Crippen LogP contribution in [0, 0.1) is 5.41 Å². The molecule has 221 valence electrons. The van der Waals surface area contributed by atoms with Crippen LogP contribution in [-0.2, 0) is 45.2 Å². The molecule has 12 nitrogen and oxygen atoms in total. The fourth-order valence-electron chi connectivity index (χ4n) is 5.87. The molecule has 3 aliphatic rings. The topological polar surface area (TPSA) is 169 Å². The summed E-state index contributed by atoms with van der Waals surface area (Å²) in [6.45, 7) is 10.1. The van der Waals surface area contributed by atoms with Crippen LogP contribution in [0.3, 0.4) is 0 Å². The molecule has 2 atom stereocenters. The van der Waals surface area contributed by atoms with Gasteiger partial charge in [0.2, 0.25) is 10.0 Å².